The number of hydrogen-bond acceptors (Lipinski definition) is 4. The molecule has 152 valence electrons. The van der Waals surface area contributed by atoms with Crippen molar-refractivity contribution in [1.82, 2.24) is 9.97 Å². The molecule has 0 saturated heterocycles. The zero-order valence-corrected chi connectivity index (χ0v) is 18.6. The fourth-order valence-electron chi connectivity index (χ4n) is 3.67. The van der Waals surface area contributed by atoms with Gasteiger partial charge in [-0.1, -0.05) is 47.2 Å². The van der Waals surface area contributed by atoms with Crippen LogP contribution >= 0.6 is 11.3 Å². The molecule has 1 amide bonds. The second kappa shape index (κ2) is 8.36. The third kappa shape index (κ3) is 4.26. The highest BCUT2D eigenvalue weighted by Gasteiger charge is 2.22. The Morgan fingerprint density at radius 3 is 2.60 bits per heavy atom. The Morgan fingerprint density at radius 1 is 1.00 bits per heavy atom. The van der Waals surface area contributed by atoms with Gasteiger partial charge in [0.1, 0.15) is 0 Å². The molecule has 0 spiro atoms. The number of nitrogens with zero attached hydrogens (tertiary/aromatic N) is 3. The lowest BCUT2D eigenvalue weighted by Crippen LogP contribution is -2.32. The molecule has 4 aromatic rings. The molecule has 2 aromatic carbocycles. The molecule has 0 aliphatic carbocycles. The highest BCUT2D eigenvalue weighted by molar-refractivity contribution is 7.22. The number of aromatic nitrogens is 2. The van der Waals surface area contributed by atoms with Crippen molar-refractivity contribution in [2.75, 3.05) is 4.90 Å². The number of carbonyl (C=O) groups excluding carboxylic acids is 1. The number of hydrogen-bond donors (Lipinski definition) is 0. The lowest BCUT2D eigenvalue weighted by molar-refractivity contribution is -0.118. The lowest BCUT2D eigenvalue weighted by atomic mass is 10.0. The summed E-state index contributed by atoms with van der Waals surface area (Å²) in [4.78, 5) is 24.3. The van der Waals surface area contributed by atoms with Gasteiger partial charge in [-0.2, -0.15) is 0 Å². The van der Waals surface area contributed by atoms with Gasteiger partial charge in [-0.3, -0.25) is 14.7 Å². The van der Waals surface area contributed by atoms with Crippen molar-refractivity contribution < 1.29 is 4.79 Å². The molecule has 4 rings (SSSR count). The van der Waals surface area contributed by atoms with Crippen molar-refractivity contribution in [2.45, 2.75) is 40.7 Å². The molecular formula is C25H25N3OS. The van der Waals surface area contributed by atoms with Crippen LogP contribution < -0.4 is 4.90 Å². The van der Waals surface area contributed by atoms with E-state index in [0.717, 1.165) is 37.6 Å². The molecule has 2 aromatic heterocycles. The average Bonchev–Trinajstić information content (AvgIpc) is 3.13. The molecule has 0 saturated carbocycles. The number of fused-ring (bicyclic) bond motifs is 1. The Bertz CT molecular complexity index is 1210. The minimum absolute atomic E-state index is 0.0426. The van der Waals surface area contributed by atoms with Crippen molar-refractivity contribution in [3.63, 3.8) is 0 Å². The van der Waals surface area contributed by atoms with Crippen LogP contribution in [0.2, 0.25) is 0 Å². The monoisotopic (exact) mass is 415 g/mol. The summed E-state index contributed by atoms with van der Waals surface area (Å²) in [5.41, 5.74) is 7.65. The summed E-state index contributed by atoms with van der Waals surface area (Å²) in [5, 5.41) is 0.734. The number of benzene rings is 2. The second-order valence-corrected chi connectivity index (χ2v) is 8.85. The fourth-order valence-corrected chi connectivity index (χ4v) is 4.70. The molecule has 4 nitrogen and oxygen atoms in total. The van der Waals surface area contributed by atoms with Crippen molar-refractivity contribution >= 4 is 32.6 Å². The summed E-state index contributed by atoms with van der Waals surface area (Å²) in [6, 6.07) is 14.4. The molecule has 0 fully saturated rings. The van der Waals surface area contributed by atoms with Crippen LogP contribution in [0.15, 0.2) is 54.9 Å². The van der Waals surface area contributed by atoms with Crippen molar-refractivity contribution in [3.8, 4) is 0 Å². The Balaban J connectivity index is 1.73. The molecule has 0 N–H and O–H groups in total. The minimum Gasteiger partial charge on any atom is -0.283 e. The molecule has 0 aliphatic rings. The first-order valence-corrected chi connectivity index (χ1v) is 10.9. The number of pyridine rings is 1. The Morgan fingerprint density at radius 2 is 1.83 bits per heavy atom. The molecule has 0 atom stereocenters. The lowest BCUT2D eigenvalue weighted by Gasteiger charge is -2.20. The smallest absolute Gasteiger partial charge is 0.233 e. The topological polar surface area (TPSA) is 46.1 Å². The van der Waals surface area contributed by atoms with Crippen LogP contribution in [-0.2, 0) is 17.8 Å². The van der Waals surface area contributed by atoms with Gasteiger partial charge in [0.05, 0.1) is 23.2 Å². The maximum Gasteiger partial charge on any atom is 0.233 e. The standard InChI is InChI=1S/C25H25N3OS/c1-16-7-8-18(3)21(11-16)13-23(29)28(15-20-6-5-9-26-14-20)25-27-22-12-17(2)10-19(4)24(22)30-25/h5-12,14H,13,15H2,1-4H3. The first kappa shape index (κ1) is 20.2. The summed E-state index contributed by atoms with van der Waals surface area (Å²) in [6.07, 6.45) is 3.90. The van der Waals surface area contributed by atoms with Gasteiger partial charge in [-0.15, -0.1) is 0 Å². The number of thiazole rings is 1. The molecule has 0 aliphatic heterocycles. The van der Waals surface area contributed by atoms with Crippen LogP contribution in [-0.4, -0.2) is 15.9 Å². The zero-order valence-electron chi connectivity index (χ0n) is 17.8. The van der Waals surface area contributed by atoms with Crippen molar-refractivity contribution in [3.05, 3.63) is 88.2 Å². The van der Waals surface area contributed by atoms with Crippen LogP contribution in [0.5, 0.6) is 0 Å². The van der Waals surface area contributed by atoms with Crippen LogP contribution in [0.1, 0.15) is 33.4 Å². The first-order chi connectivity index (χ1) is 14.4. The summed E-state index contributed by atoms with van der Waals surface area (Å²) in [6.45, 7) is 8.73. The molecule has 30 heavy (non-hydrogen) atoms. The SMILES string of the molecule is Cc1ccc(C)c(CC(=O)N(Cc2cccnc2)c2nc3cc(C)cc(C)c3s2)c1. The first-order valence-electron chi connectivity index (χ1n) is 10.0. The summed E-state index contributed by atoms with van der Waals surface area (Å²) in [5.74, 6) is 0.0426. The van der Waals surface area contributed by atoms with E-state index in [9.17, 15) is 4.79 Å². The summed E-state index contributed by atoms with van der Waals surface area (Å²) >= 11 is 1.58. The highest BCUT2D eigenvalue weighted by atomic mass is 32.1. The number of carbonyl (C=O) groups is 1. The summed E-state index contributed by atoms with van der Waals surface area (Å²) < 4.78 is 1.13. The largest absolute Gasteiger partial charge is 0.283 e. The van der Waals surface area contributed by atoms with Crippen molar-refractivity contribution in [2.24, 2.45) is 0 Å². The van der Waals surface area contributed by atoms with Crippen LogP contribution in [0, 0.1) is 27.7 Å². The third-order valence-corrected chi connectivity index (χ3v) is 6.48. The van der Waals surface area contributed by atoms with E-state index in [1.165, 1.54) is 11.1 Å². The van der Waals surface area contributed by atoms with Gasteiger partial charge < -0.3 is 0 Å². The van der Waals surface area contributed by atoms with E-state index in [1.807, 2.05) is 12.1 Å². The maximum absolute atomic E-state index is 13.5. The predicted octanol–water partition coefficient (Wildman–Crippen LogP) is 5.70. The minimum atomic E-state index is 0.0426. The Kier molecular flexibility index (Phi) is 5.64. The van der Waals surface area contributed by atoms with E-state index in [-0.39, 0.29) is 5.91 Å². The van der Waals surface area contributed by atoms with Gasteiger partial charge in [0.15, 0.2) is 5.13 Å². The maximum atomic E-state index is 13.5. The van der Waals surface area contributed by atoms with E-state index in [2.05, 4.69) is 63.0 Å². The van der Waals surface area contributed by atoms with E-state index >= 15 is 0 Å². The highest BCUT2D eigenvalue weighted by Crippen LogP contribution is 2.33. The van der Waals surface area contributed by atoms with E-state index in [0.29, 0.717) is 13.0 Å². The quantitative estimate of drug-likeness (QED) is 0.420. The molecule has 5 heteroatoms. The van der Waals surface area contributed by atoms with Crippen molar-refractivity contribution in [1.29, 1.82) is 0 Å². The van der Waals surface area contributed by atoms with Gasteiger partial charge in [-0.25, -0.2) is 4.98 Å². The molecular weight excluding hydrogens is 390 g/mol. The van der Waals surface area contributed by atoms with Gasteiger partial charge in [-0.05, 0) is 67.6 Å². The van der Waals surface area contributed by atoms with E-state index < -0.39 is 0 Å². The van der Waals surface area contributed by atoms with Gasteiger partial charge in [0.2, 0.25) is 5.91 Å². The van der Waals surface area contributed by atoms with Crippen LogP contribution in [0.4, 0.5) is 5.13 Å². The molecule has 0 radical (unpaired) electrons. The zero-order chi connectivity index (χ0) is 21.3. The normalized spacial score (nSPS) is 11.1. The molecule has 0 bridgehead atoms. The number of amides is 1. The Labute approximate surface area is 181 Å². The van der Waals surface area contributed by atoms with E-state index in [4.69, 9.17) is 4.98 Å². The van der Waals surface area contributed by atoms with Gasteiger partial charge >= 0.3 is 0 Å². The van der Waals surface area contributed by atoms with Gasteiger partial charge in [0.25, 0.3) is 0 Å². The van der Waals surface area contributed by atoms with E-state index in [1.54, 1.807) is 28.6 Å². The Hall–Kier alpha value is -3.05. The predicted molar refractivity (Wildman–Crippen MR) is 124 cm³/mol. The number of rotatable bonds is 5. The van der Waals surface area contributed by atoms with Crippen LogP contribution in [0.3, 0.4) is 0 Å². The van der Waals surface area contributed by atoms with Gasteiger partial charge in [0, 0.05) is 12.4 Å². The second-order valence-electron chi connectivity index (χ2n) is 7.87. The number of anilines is 1. The summed E-state index contributed by atoms with van der Waals surface area (Å²) in [7, 11) is 0. The fraction of sp³-hybridized carbons (Fsp3) is 0.240. The van der Waals surface area contributed by atoms with Crippen LogP contribution in [0.25, 0.3) is 10.2 Å². The molecule has 2 heterocycles. The third-order valence-electron chi connectivity index (χ3n) is 5.25. The average molecular weight is 416 g/mol. The number of aryl methyl sites for hydroxylation is 4. The molecule has 0 unspecified atom stereocenters.